The van der Waals surface area contributed by atoms with Crippen LogP contribution in [0.4, 0.5) is 0 Å². The van der Waals surface area contributed by atoms with Gasteiger partial charge in [-0.05, 0) is 60.1 Å². The van der Waals surface area contributed by atoms with E-state index in [1.54, 1.807) is 0 Å². The van der Waals surface area contributed by atoms with E-state index in [9.17, 15) is 0 Å². The zero-order chi connectivity index (χ0) is 28.6. The van der Waals surface area contributed by atoms with Crippen molar-refractivity contribution in [1.82, 2.24) is 15.2 Å². The second-order valence-corrected chi connectivity index (χ2v) is 11.8. The molecule has 1 saturated heterocycles. The maximum Gasteiger partial charge on any atom is 0.0815 e. The van der Waals surface area contributed by atoms with Crippen LogP contribution in [0.25, 0.3) is 28.0 Å². The number of fused-ring (bicyclic) bond motifs is 3. The summed E-state index contributed by atoms with van der Waals surface area (Å²) in [5.41, 5.74) is 8.72. The van der Waals surface area contributed by atoms with E-state index in [0.717, 1.165) is 12.8 Å². The molecule has 3 aliphatic rings. The Bertz CT molecular complexity index is 1780. The lowest BCUT2D eigenvalue weighted by Gasteiger charge is -2.50. The third kappa shape index (κ3) is 4.98. The van der Waals surface area contributed by atoms with Gasteiger partial charge >= 0.3 is 0 Å². The lowest BCUT2D eigenvalue weighted by Crippen LogP contribution is -2.44. The molecule has 4 nitrogen and oxygen atoms in total. The Morgan fingerprint density at radius 3 is 2.07 bits per heavy atom. The Balaban J connectivity index is 1.17. The molecule has 4 atom stereocenters. The number of benzene rings is 4. The first-order valence-corrected chi connectivity index (χ1v) is 15.4. The number of nitrogens with one attached hydrogen (secondary N) is 2. The summed E-state index contributed by atoms with van der Waals surface area (Å²) in [5.74, 6) is 1.08. The Labute approximate surface area is 253 Å². The third-order valence-corrected chi connectivity index (χ3v) is 9.16. The molecule has 212 valence electrons. The number of nitrogens with zero attached hydrogens (tertiary/aromatic N) is 2. The van der Waals surface area contributed by atoms with E-state index in [4.69, 9.17) is 5.32 Å². The second-order valence-electron chi connectivity index (χ2n) is 11.8. The molecule has 2 aliphatic carbocycles. The van der Waals surface area contributed by atoms with E-state index in [1.807, 2.05) is 0 Å². The van der Waals surface area contributed by atoms with E-state index in [2.05, 4.69) is 161 Å². The fourth-order valence-corrected chi connectivity index (χ4v) is 6.99. The highest BCUT2D eigenvalue weighted by molar-refractivity contribution is 5.90. The summed E-state index contributed by atoms with van der Waals surface area (Å²) in [6.07, 6.45) is 15.7. The van der Waals surface area contributed by atoms with Crippen molar-refractivity contribution in [2.24, 2.45) is 11.8 Å². The van der Waals surface area contributed by atoms with Crippen LogP contribution in [-0.4, -0.2) is 4.57 Å². The minimum atomic E-state index is -0.120. The molecule has 0 amide bonds. The van der Waals surface area contributed by atoms with E-state index in [-0.39, 0.29) is 18.5 Å². The quantitative estimate of drug-likeness (QED) is 0.226. The number of hydrogen-bond acceptors (Lipinski definition) is 2. The van der Waals surface area contributed by atoms with Gasteiger partial charge in [0.25, 0.3) is 0 Å². The van der Waals surface area contributed by atoms with Crippen LogP contribution in [0.15, 0.2) is 140 Å². The van der Waals surface area contributed by atoms with E-state index >= 15 is 0 Å². The van der Waals surface area contributed by atoms with Gasteiger partial charge in [-0.25, -0.2) is 0 Å². The van der Waals surface area contributed by atoms with Gasteiger partial charge in [0, 0.05) is 16.8 Å². The van der Waals surface area contributed by atoms with Crippen molar-refractivity contribution in [3.63, 3.8) is 0 Å². The average Bonchev–Trinajstić information content (AvgIpc) is 3.43. The Morgan fingerprint density at radius 1 is 0.651 bits per heavy atom. The Kier molecular flexibility index (Phi) is 6.88. The van der Waals surface area contributed by atoms with Gasteiger partial charge in [-0.2, -0.15) is 0 Å². The van der Waals surface area contributed by atoms with Gasteiger partial charge in [-0.15, -0.1) is 0 Å². The van der Waals surface area contributed by atoms with Crippen molar-refractivity contribution in [2.75, 3.05) is 0 Å². The molecule has 1 aliphatic heterocycles. The lowest BCUT2D eigenvalue weighted by molar-refractivity contribution is 0.316. The zero-order valence-corrected chi connectivity index (χ0v) is 24.1. The molecule has 2 N–H and O–H groups in total. The maximum absolute atomic E-state index is 5.17. The van der Waals surface area contributed by atoms with E-state index in [1.165, 1.54) is 44.5 Å². The molecule has 4 heteroatoms. The van der Waals surface area contributed by atoms with Crippen LogP contribution in [-0.2, 0) is 6.42 Å². The molecule has 43 heavy (non-hydrogen) atoms. The summed E-state index contributed by atoms with van der Waals surface area (Å²) in [6.45, 7) is 0. The monoisotopic (exact) mass is 559 g/mol. The highest BCUT2D eigenvalue weighted by Crippen LogP contribution is 2.40. The largest absolute Gasteiger partial charge is 0.624 e. The van der Waals surface area contributed by atoms with Gasteiger partial charge in [0.2, 0.25) is 0 Å². The van der Waals surface area contributed by atoms with Crippen LogP contribution in [0, 0.1) is 11.8 Å². The molecule has 1 fully saturated rings. The van der Waals surface area contributed by atoms with Crippen LogP contribution < -0.4 is 10.6 Å². The molecular formula is C39H35N4-. The van der Waals surface area contributed by atoms with Gasteiger partial charge in [0.1, 0.15) is 0 Å². The molecule has 0 saturated carbocycles. The van der Waals surface area contributed by atoms with Gasteiger partial charge in [-0.1, -0.05) is 145 Å². The molecular weight excluding hydrogens is 524 g/mol. The highest BCUT2D eigenvalue weighted by Gasteiger charge is 2.27. The molecule has 0 bridgehead atoms. The van der Waals surface area contributed by atoms with Crippen LogP contribution in [0.3, 0.4) is 0 Å². The summed E-state index contributed by atoms with van der Waals surface area (Å²) in [7, 11) is 0. The van der Waals surface area contributed by atoms with Crippen molar-refractivity contribution < 1.29 is 0 Å². The average molecular weight is 560 g/mol. The molecule has 8 rings (SSSR count). The first kappa shape index (κ1) is 26.2. The molecule has 0 radical (unpaired) electrons. The number of allylic oxidation sites excluding steroid dienone is 5. The molecule has 4 aromatic carbocycles. The standard InChI is InChI=1S/C39H35N4/c1-4-13-27(14-5-1)30-23-24-36-34(26-30)33-21-10-11-22-35(33)43(36)32-20-12-19-31(25-32)39-41-37(28-15-6-2-7-16-28)40-38(42-39)29-17-8-3-9-18-29/h1-13,15-25,27,30,37-39,41-42H,14,26H2/q-1. The number of para-hydroxylation sites is 1. The van der Waals surface area contributed by atoms with Crippen molar-refractivity contribution in [2.45, 2.75) is 31.3 Å². The van der Waals surface area contributed by atoms with Gasteiger partial charge in [0.05, 0.1) is 11.7 Å². The SMILES string of the molecule is C1=CCC(C2C=Cc3c(c4ccccc4n3-c3cccc(C4NC(c5ccccc5)[N-]C(c5ccccc5)N4)c3)C2)C=C1. The van der Waals surface area contributed by atoms with Crippen LogP contribution in [0.2, 0.25) is 0 Å². The molecule has 5 aromatic rings. The summed E-state index contributed by atoms with van der Waals surface area (Å²) in [5, 5.41) is 14.1. The van der Waals surface area contributed by atoms with Crippen molar-refractivity contribution in [1.29, 1.82) is 0 Å². The molecule has 0 spiro atoms. The normalized spacial score (nSPS) is 24.7. The predicted octanol–water partition coefficient (Wildman–Crippen LogP) is 8.91. The fraction of sp³-hybridized carbons (Fsp3) is 0.179. The van der Waals surface area contributed by atoms with E-state index < -0.39 is 0 Å². The Hall–Kier alpha value is -4.48. The Morgan fingerprint density at radius 2 is 1.35 bits per heavy atom. The molecule has 1 aromatic heterocycles. The van der Waals surface area contributed by atoms with Gasteiger partial charge < -0.3 is 20.5 Å². The smallest absolute Gasteiger partial charge is 0.0815 e. The number of rotatable bonds is 5. The summed E-state index contributed by atoms with van der Waals surface area (Å²) >= 11 is 0. The summed E-state index contributed by atoms with van der Waals surface area (Å²) in [6, 6.07) is 38.9. The van der Waals surface area contributed by atoms with E-state index in [0.29, 0.717) is 11.8 Å². The lowest BCUT2D eigenvalue weighted by atomic mass is 9.80. The fourth-order valence-electron chi connectivity index (χ4n) is 6.99. The van der Waals surface area contributed by atoms with Crippen LogP contribution in [0.1, 0.15) is 52.9 Å². The van der Waals surface area contributed by atoms with Gasteiger partial charge in [-0.3, -0.25) is 0 Å². The zero-order valence-electron chi connectivity index (χ0n) is 24.1. The molecule has 4 unspecified atom stereocenters. The summed E-state index contributed by atoms with van der Waals surface area (Å²) in [4.78, 5) is 0. The van der Waals surface area contributed by atoms with Crippen molar-refractivity contribution in [3.8, 4) is 5.69 Å². The topological polar surface area (TPSA) is 43.1 Å². The predicted molar refractivity (Wildman–Crippen MR) is 177 cm³/mol. The first-order chi connectivity index (χ1) is 21.3. The minimum Gasteiger partial charge on any atom is -0.624 e. The highest BCUT2D eigenvalue weighted by atomic mass is 15.4. The number of aromatic nitrogens is 1. The van der Waals surface area contributed by atoms with Gasteiger partial charge in [0.15, 0.2) is 0 Å². The summed E-state index contributed by atoms with van der Waals surface area (Å²) < 4.78 is 2.45. The van der Waals surface area contributed by atoms with Crippen LogP contribution in [0.5, 0.6) is 0 Å². The second kappa shape index (κ2) is 11.3. The maximum atomic E-state index is 5.17. The number of hydrogen-bond donors (Lipinski definition) is 2. The van der Waals surface area contributed by atoms with Crippen molar-refractivity contribution in [3.05, 3.63) is 173 Å². The van der Waals surface area contributed by atoms with Crippen molar-refractivity contribution >= 4 is 17.0 Å². The minimum absolute atomic E-state index is 0.0726. The molecule has 2 heterocycles. The van der Waals surface area contributed by atoms with Crippen LogP contribution >= 0.6 is 0 Å². The first-order valence-electron chi connectivity index (χ1n) is 15.4. The third-order valence-electron chi connectivity index (χ3n) is 9.16.